The molecule has 2 aromatic heterocycles. The number of hydrogen-bond acceptors (Lipinski definition) is 5. The molecule has 0 radical (unpaired) electrons. The molecule has 2 saturated carbocycles. The number of nitrogens with one attached hydrogen (secondary N) is 1. The second-order valence-electron chi connectivity index (χ2n) is 8.14. The normalized spacial score (nSPS) is 16.3. The van der Waals surface area contributed by atoms with Crippen molar-refractivity contribution in [1.29, 1.82) is 0 Å². The molecule has 2 aliphatic carbocycles. The molecule has 5 nitrogen and oxygen atoms in total. The summed E-state index contributed by atoms with van der Waals surface area (Å²) in [6, 6.07) is 13.0. The lowest BCUT2D eigenvalue weighted by Gasteiger charge is -2.21. The van der Waals surface area contributed by atoms with Crippen LogP contribution in [0.15, 0.2) is 46.2 Å². The van der Waals surface area contributed by atoms with Gasteiger partial charge in [-0.15, -0.1) is 11.3 Å². The lowest BCUT2D eigenvalue weighted by molar-refractivity contribution is 0.0951. The van der Waals surface area contributed by atoms with E-state index in [1.165, 1.54) is 18.4 Å². The Morgan fingerprint density at radius 2 is 1.93 bits per heavy atom. The van der Waals surface area contributed by atoms with Crippen LogP contribution in [-0.2, 0) is 13.1 Å². The molecule has 3 aromatic rings. The van der Waals surface area contributed by atoms with Crippen molar-refractivity contribution in [2.45, 2.75) is 57.8 Å². The first-order valence-electron chi connectivity index (χ1n) is 10.3. The largest absolute Gasteiger partial charge is 0.459 e. The number of carbonyl (C=O) groups is 1. The molecule has 2 aliphatic rings. The number of nitrogens with zero attached hydrogens (tertiary/aromatic N) is 2. The van der Waals surface area contributed by atoms with E-state index in [0.717, 1.165) is 53.7 Å². The third kappa shape index (κ3) is 4.60. The average Bonchev–Trinajstić information content (AvgIpc) is 3.64. The maximum Gasteiger partial charge on any atom is 0.251 e. The highest BCUT2D eigenvalue weighted by atomic mass is 32.1. The van der Waals surface area contributed by atoms with E-state index >= 15 is 0 Å². The number of thiazole rings is 1. The molecular weight excluding hydrogens is 382 g/mol. The quantitative estimate of drug-likeness (QED) is 0.584. The number of hydrogen-bond donors (Lipinski definition) is 1. The number of benzene rings is 1. The zero-order chi connectivity index (χ0) is 19.8. The fourth-order valence-corrected chi connectivity index (χ4v) is 4.27. The minimum atomic E-state index is 0.0428. The van der Waals surface area contributed by atoms with E-state index in [2.05, 4.69) is 27.7 Å². The van der Waals surface area contributed by atoms with Gasteiger partial charge in [0, 0.05) is 36.1 Å². The average molecular weight is 408 g/mol. The van der Waals surface area contributed by atoms with Crippen LogP contribution in [0.25, 0.3) is 10.8 Å². The van der Waals surface area contributed by atoms with Crippen LogP contribution in [0.5, 0.6) is 0 Å². The van der Waals surface area contributed by atoms with E-state index in [4.69, 9.17) is 9.40 Å². The Balaban J connectivity index is 1.24. The van der Waals surface area contributed by atoms with Crippen molar-refractivity contribution < 1.29 is 9.21 Å². The van der Waals surface area contributed by atoms with Gasteiger partial charge in [0.2, 0.25) is 0 Å². The first-order valence-corrected chi connectivity index (χ1v) is 11.2. The summed E-state index contributed by atoms with van der Waals surface area (Å²) >= 11 is 1.64. The molecule has 1 N–H and O–H groups in total. The number of amides is 1. The summed E-state index contributed by atoms with van der Waals surface area (Å²) in [6.45, 7) is 3.67. The number of aryl methyl sites for hydroxylation is 1. The molecule has 1 amide bonds. The highest BCUT2D eigenvalue weighted by Crippen LogP contribution is 2.31. The molecule has 0 spiro atoms. The molecule has 0 saturated heterocycles. The summed E-state index contributed by atoms with van der Waals surface area (Å²) in [4.78, 5) is 19.5. The second kappa shape index (κ2) is 7.76. The highest BCUT2D eigenvalue weighted by molar-refractivity contribution is 7.13. The van der Waals surface area contributed by atoms with Gasteiger partial charge in [0.1, 0.15) is 5.76 Å². The van der Waals surface area contributed by atoms with E-state index in [1.807, 2.05) is 31.2 Å². The maximum absolute atomic E-state index is 12.2. The lowest BCUT2D eigenvalue weighted by atomic mass is 10.1. The molecule has 0 aliphatic heterocycles. The molecule has 2 fully saturated rings. The van der Waals surface area contributed by atoms with Crippen molar-refractivity contribution in [1.82, 2.24) is 15.2 Å². The van der Waals surface area contributed by atoms with Crippen LogP contribution >= 0.6 is 11.3 Å². The van der Waals surface area contributed by atoms with Gasteiger partial charge in [0.05, 0.1) is 5.69 Å². The second-order valence-corrected chi connectivity index (χ2v) is 8.99. The van der Waals surface area contributed by atoms with Crippen molar-refractivity contribution >= 4 is 17.2 Å². The van der Waals surface area contributed by atoms with Crippen LogP contribution in [0.3, 0.4) is 0 Å². The molecule has 0 bridgehead atoms. The predicted molar refractivity (Wildman–Crippen MR) is 114 cm³/mol. The first kappa shape index (κ1) is 18.6. The van der Waals surface area contributed by atoms with E-state index < -0.39 is 0 Å². The summed E-state index contributed by atoms with van der Waals surface area (Å²) in [7, 11) is 0. The van der Waals surface area contributed by atoms with Gasteiger partial charge in [-0.1, -0.05) is 12.1 Å². The van der Waals surface area contributed by atoms with Crippen molar-refractivity contribution in [3.63, 3.8) is 0 Å². The molecule has 6 heteroatoms. The van der Waals surface area contributed by atoms with Gasteiger partial charge in [0.15, 0.2) is 10.8 Å². The third-order valence-corrected chi connectivity index (χ3v) is 6.35. The van der Waals surface area contributed by atoms with Crippen molar-refractivity contribution in [2.24, 2.45) is 0 Å². The molecule has 29 heavy (non-hydrogen) atoms. The lowest BCUT2D eigenvalue weighted by Crippen LogP contribution is -2.26. The van der Waals surface area contributed by atoms with E-state index in [1.54, 1.807) is 11.3 Å². The van der Waals surface area contributed by atoms with E-state index in [0.29, 0.717) is 12.1 Å². The molecule has 1 aromatic carbocycles. The molecular formula is C23H25N3O2S. The van der Waals surface area contributed by atoms with Crippen LogP contribution in [0.4, 0.5) is 0 Å². The van der Waals surface area contributed by atoms with Gasteiger partial charge < -0.3 is 9.73 Å². The van der Waals surface area contributed by atoms with Crippen molar-refractivity contribution in [3.05, 3.63) is 64.4 Å². The Morgan fingerprint density at radius 1 is 1.14 bits per heavy atom. The SMILES string of the molecule is Cc1ccc(-c2nc(CN(Cc3ccc(C(=O)NC4CC4)cc3)C3CC3)cs2)o1. The van der Waals surface area contributed by atoms with Gasteiger partial charge in [0.25, 0.3) is 5.91 Å². The standard InChI is InChI=1S/C23H25N3O2S/c1-15-2-11-21(28-15)23-25-19(14-29-23)13-26(20-9-10-20)12-16-3-5-17(6-4-16)22(27)24-18-7-8-18/h2-6,11,14,18,20H,7-10,12-13H2,1H3,(H,24,27). The molecule has 150 valence electrons. The minimum Gasteiger partial charge on any atom is -0.459 e. The Labute approximate surface area is 174 Å². The number of aromatic nitrogens is 1. The Hall–Kier alpha value is -2.44. The van der Waals surface area contributed by atoms with E-state index in [9.17, 15) is 4.79 Å². The Bertz CT molecular complexity index is 999. The summed E-state index contributed by atoms with van der Waals surface area (Å²) < 4.78 is 5.70. The summed E-state index contributed by atoms with van der Waals surface area (Å²) in [6.07, 6.45) is 4.71. The third-order valence-electron chi connectivity index (χ3n) is 5.45. The fourth-order valence-electron chi connectivity index (χ4n) is 3.50. The van der Waals surface area contributed by atoms with Gasteiger partial charge in [-0.05, 0) is 62.4 Å². The topological polar surface area (TPSA) is 58.4 Å². The Morgan fingerprint density at radius 3 is 2.59 bits per heavy atom. The fraction of sp³-hybridized carbons (Fsp3) is 0.391. The van der Waals surface area contributed by atoms with Crippen LogP contribution in [-0.4, -0.2) is 27.9 Å². The first-order chi connectivity index (χ1) is 14.1. The minimum absolute atomic E-state index is 0.0428. The predicted octanol–water partition coefficient (Wildman–Crippen LogP) is 4.77. The van der Waals surface area contributed by atoms with Gasteiger partial charge in [-0.3, -0.25) is 9.69 Å². The van der Waals surface area contributed by atoms with Gasteiger partial charge in [-0.25, -0.2) is 4.98 Å². The number of carbonyl (C=O) groups excluding carboxylic acids is 1. The monoisotopic (exact) mass is 407 g/mol. The Kier molecular flexibility index (Phi) is 4.97. The molecule has 0 unspecified atom stereocenters. The molecule has 5 rings (SSSR count). The van der Waals surface area contributed by atoms with Crippen LogP contribution in [0.2, 0.25) is 0 Å². The van der Waals surface area contributed by atoms with Gasteiger partial charge in [-0.2, -0.15) is 0 Å². The maximum atomic E-state index is 12.2. The zero-order valence-electron chi connectivity index (χ0n) is 16.6. The van der Waals surface area contributed by atoms with Gasteiger partial charge >= 0.3 is 0 Å². The summed E-state index contributed by atoms with van der Waals surface area (Å²) in [5, 5.41) is 6.12. The zero-order valence-corrected chi connectivity index (χ0v) is 17.4. The smallest absolute Gasteiger partial charge is 0.251 e. The molecule has 0 atom stereocenters. The van der Waals surface area contributed by atoms with Crippen LogP contribution in [0.1, 0.15) is 53.1 Å². The van der Waals surface area contributed by atoms with Crippen molar-refractivity contribution in [2.75, 3.05) is 0 Å². The summed E-state index contributed by atoms with van der Waals surface area (Å²) in [5.74, 6) is 1.80. The number of rotatable bonds is 8. The van der Waals surface area contributed by atoms with Crippen LogP contribution < -0.4 is 5.32 Å². The highest BCUT2D eigenvalue weighted by Gasteiger charge is 2.29. The van der Waals surface area contributed by atoms with E-state index in [-0.39, 0.29) is 5.91 Å². The summed E-state index contributed by atoms with van der Waals surface area (Å²) in [5.41, 5.74) is 3.07. The number of furan rings is 1. The van der Waals surface area contributed by atoms with Crippen LogP contribution in [0, 0.1) is 6.92 Å². The van der Waals surface area contributed by atoms with Crippen molar-refractivity contribution in [3.8, 4) is 10.8 Å². The molecule has 2 heterocycles.